The first-order valence-electron chi connectivity index (χ1n) is 13.4. The minimum Gasteiger partial charge on any atom is -0.550 e. The van der Waals surface area contributed by atoms with Crippen molar-refractivity contribution in [3.05, 3.63) is 121 Å². The van der Waals surface area contributed by atoms with Crippen molar-refractivity contribution in [3.8, 4) is 16.9 Å². The highest BCUT2D eigenvalue weighted by Crippen LogP contribution is 2.34. The van der Waals surface area contributed by atoms with Gasteiger partial charge >= 0.3 is 6.92 Å². The molecular weight excluding hydrogens is 475 g/mol. The molecule has 5 rings (SSSR count). The Morgan fingerprint density at radius 2 is 1.44 bits per heavy atom. The van der Waals surface area contributed by atoms with Gasteiger partial charge in [-0.3, -0.25) is 4.98 Å². The third kappa shape index (κ3) is 5.61. The summed E-state index contributed by atoms with van der Waals surface area (Å²) >= 11 is 0. The zero-order valence-corrected chi connectivity index (χ0v) is 23.5. The number of nitrogens with zero attached hydrogens (tertiary/aromatic N) is 2. The van der Waals surface area contributed by atoms with Crippen molar-refractivity contribution in [2.24, 2.45) is 0 Å². The van der Waals surface area contributed by atoms with E-state index >= 15 is 0 Å². The minimum atomic E-state index is -0.284. The van der Waals surface area contributed by atoms with Crippen LogP contribution in [-0.2, 0) is 5.41 Å². The maximum Gasteiger partial charge on any atom is 0.426 e. The molecular formula is C35H35BN2O. The number of hydrogen-bond donors (Lipinski definition) is 0. The molecule has 1 aromatic heterocycles. The van der Waals surface area contributed by atoms with Crippen molar-refractivity contribution in [2.75, 3.05) is 19.0 Å². The van der Waals surface area contributed by atoms with Crippen LogP contribution in [-0.4, -0.2) is 26.0 Å². The van der Waals surface area contributed by atoms with Gasteiger partial charge in [0.15, 0.2) is 0 Å². The third-order valence-corrected chi connectivity index (χ3v) is 7.23. The fourth-order valence-electron chi connectivity index (χ4n) is 4.85. The van der Waals surface area contributed by atoms with Crippen molar-refractivity contribution in [3.63, 3.8) is 0 Å². The van der Waals surface area contributed by atoms with Gasteiger partial charge in [-0.25, -0.2) is 0 Å². The maximum atomic E-state index is 6.85. The van der Waals surface area contributed by atoms with Crippen LogP contribution in [0.1, 0.15) is 31.9 Å². The zero-order valence-electron chi connectivity index (χ0n) is 23.5. The van der Waals surface area contributed by atoms with Crippen LogP contribution in [0, 0.1) is 0 Å². The summed E-state index contributed by atoms with van der Waals surface area (Å²) in [7, 11) is 4.11. The fraction of sp³-hybridized carbons (Fsp3) is 0.171. The van der Waals surface area contributed by atoms with Gasteiger partial charge in [-0.15, -0.1) is 0 Å². The predicted octanol–water partition coefficient (Wildman–Crippen LogP) is 7.09. The monoisotopic (exact) mass is 510 g/mol. The Morgan fingerprint density at radius 1 is 0.795 bits per heavy atom. The number of anilines is 1. The number of hydrogen-bond acceptors (Lipinski definition) is 3. The van der Waals surface area contributed by atoms with Crippen molar-refractivity contribution in [1.82, 2.24) is 4.98 Å². The summed E-state index contributed by atoms with van der Waals surface area (Å²) in [6.07, 6.45) is 3.69. The highest BCUT2D eigenvalue weighted by atomic mass is 16.4. The molecule has 0 fully saturated rings. The largest absolute Gasteiger partial charge is 0.550 e. The first kappa shape index (κ1) is 26.3. The molecule has 0 bridgehead atoms. The van der Waals surface area contributed by atoms with Crippen LogP contribution < -0.4 is 20.5 Å². The van der Waals surface area contributed by atoms with Crippen molar-refractivity contribution < 1.29 is 4.65 Å². The molecule has 0 unspecified atom stereocenters. The molecule has 0 spiro atoms. The van der Waals surface area contributed by atoms with E-state index in [1.165, 1.54) is 11.3 Å². The van der Waals surface area contributed by atoms with E-state index in [1.807, 2.05) is 18.3 Å². The van der Waals surface area contributed by atoms with Crippen LogP contribution in [0.5, 0.6) is 5.75 Å². The van der Waals surface area contributed by atoms with Gasteiger partial charge in [-0.05, 0) is 62.9 Å². The van der Waals surface area contributed by atoms with Gasteiger partial charge < -0.3 is 9.55 Å². The van der Waals surface area contributed by atoms with Gasteiger partial charge in [0.1, 0.15) is 11.3 Å². The quantitative estimate of drug-likeness (QED) is 0.219. The molecule has 0 amide bonds. The normalized spacial score (nSPS) is 11.3. The van der Waals surface area contributed by atoms with Gasteiger partial charge in [0.25, 0.3) is 0 Å². The first-order valence-corrected chi connectivity index (χ1v) is 13.4. The van der Waals surface area contributed by atoms with E-state index in [4.69, 9.17) is 9.64 Å². The second-order valence-electron chi connectivity index (χ2n) is 11.2. The molecule has 0 atom stereocenters. The van der Waals surface area contributed by atoms with E-state index in [9.17, 15) is 0 Å². The van der Waals surface area contributed by atoms with E-state index < -0.39 is 0 Å². The van der Waals surface area contributed by atoms with E-state index in [0.717, 1.165) is 44.3 Å². The van der Waals surface area contributed by atoms with Crippen LogP contribution in [0.2, 0.25) is 0 Å². The first-order chi connectivity index (χ1) is 18.7. The minimum absolute atomic E-state index is 0.0845. The summed E-state index contributed by atoms with van der Waals surface area (Å²) < 4.78 is 6.85. The van der Waals surface area contributed by atoms with Crippen LogP contribution in [0.15, 0.2) is 110 Å². The fourth-order valence-corrected chi connectivity index (χ4v) is 4.85. The summed E-state index contributed by atoms with van der Waals surface area (Å²) in [5, 5.41) is 1.07. The Kier molecular flexibility index (Phi) is 7.30. The predicted molar refractivity (Wildman–Crippen MR) is 169 cm³/mol. The zero-order chi connectivity index (χ0) is 27.6. The van der Waals surface area contributed by atoms with Crippen molar-refractivity contribution in [1.29, 1.82) is 0 Å². The number of aromatic nitrogens is 1. The van der Waals surface area contributed by atoms with Gasteiger partial charge in [0, 0.05) is 31.4 Å². The smallest absolute Gasteiger partial charge is 0.426 e. The Balaban J connectivity index is 1.58. The van der Waals surface area contributed by atoms with Crippen molar-refractivity contribution in [2.45, 2.75) is 26.2 Å². The Bertz CT molecular complexity index is 1580. The van der Waals surface area contributed by atoms with E-state index in [0.29, 0.717) is 0 Å². The standard InChI is InChI=1S/C35H35BN2O/c1-7-25-10-16-28(17-11-25)36(29-18-14-27(15-19-29)35(2,3)4)39-33-23-22-31(32-9-8-24-37-34(32)33)26-12-20-30(21-13-26)38(5)6/h7-24H,1H2,2-6H3. The lowest BCUT2D eigenvalue weighted by Gasteiger charge is -2.22. The second-order valence-corrected chi connectivity index (χ2v) is 11.2. The van der Waals surface area contributed by atoms with Gasteiger partial charge in [0.2, 0.25) is 0 Å². The lowest BCUT2D eigenvalue weighted by molar-refractivity contribution is 0.589. The molecule has 0 aliphatic heterocycles. The van der Waals surface area contributed by atoms with E-state index in [2.05, 4.69) is 137 Å². The van der Waals surface area contributed by atoms with Crippen LogP contribution in [0.4, 0.5) is 5.69 Å². The Hall–Kier alpha value is -4.31. The molecule has 4 aromatic carbocycles. The van der Waals surface area contributed by atoms with E-state index in [-0.39, 0.29) is 12.3 Å². The SMILES string of the molecule is C=Cc1ccc(B(Oc2ccc(-c3ccc(N(C)C)cc3)c3cccnc23)c2ccc(C(C)(C)C)cc2)cc1. The lowest BCUT2D eigenvalue weighted by Crippen LogP contribution is -2.47. The molecule has 3 nitrogen and oxygen atoms in total. The Morgan fingerprint density at radius 3 is 2.03 bits per heavy atom. The Labute approximate surface area is 232 Å². The molecule has 0 saturated heterocycles. The molecule has 194 valence electrons. The van der Waals surface area contributed by atoms with Crippen LogP contribution in [0.3, 0.4) is 0 Å². The number of fused-ring (bicyclic) bond motifs is 1. The number of pyridine rings is 1. The van der Waals surface area contributed by atoms with Crippen LogP contribution in [0.25, 0.3) is 28.1 Å². The van der Waals surface area contributed by atoms with Gasteiger partial charge in [-0.1, -0.05) is 106 Å². The summed E-state index contributed by atoms with van der Waals surface area (Å²) in [6.45, 7) is 10.3. The average molecular weight is 510 g/mol. The summed E-state index contributed by atoms with van der Waals surface area (Å²) in [4.78, 5) is 6.89. The molecule has 0 aliphatic rings. The molecule has 4 heteroatoms. The highest BCUT2D eigenvalue weighted by Gasteiger charge is 2.26. The van der Waals surface area contributed by atoms with Gasteiger partial charge in [0.05, 0.1) is 0 Å². The molecule has 5 aromatic rings. The molecule has 0 radical (unpaired) electrons. The number of rotatable bonds is 7. The van der Waals surface area contributed by atoms with Crippen molar-refractivity contribution >= 4 is 40.5 Å². The summed E-state index contributed by atoms with van der Waals surface area (Å²) in [5.41, 5.74) is 8.95. The highest BCUT2D eigenvalue weighted by molar-refractivity contribution is 6.80. The molecule has 0 saturated carbocycles. The van der Waals surface area contributed by atoms with Gasteiger partial charge in [-0.2, -0.15) is 0 Å². The molecule has 39 heavy (non-hydrogen) atoms. The summed E-state index contributed by atoms with van der Waals surface area (Å²) in [5.74, 6) is 0.761. The summed E-state index contributed by atoms with van der Waals surface area (Å²) in [6, 6.07) is 34.1. The van der Waals surface area contributed by atoms with E-state index in [1.54, 1.807) is 0 Å². The lowest BCUT2D eigenvalue weighted by atomic mass is 9.55. The maximum absolute atomic E-state index is 6.85. The third-order valence-electron chi connectivity index (χ3n) is 7.23. The number of benzene rings is 4. The average Bonchev–Trinajstić information content (AvgIpc) is 2.95. The second kappa shape index (κ2) is 10.8. The molecule has 1 heterocycles. The van der Waals surface area contributed by atoms with Crippen LogP contribution >= 0.6 is 0 Å². The molecule has 0 aliphatic carbocycles. The topological polar surface area (TPSA) is 25.4 Å². The molecule has 0 N–H and O–H groups in total.